The first kappa shape index (κ1) is 11.4. The summed E-state index contributed by atoms with van der Waals surface area (Å²) in [5.41, 5.74) is 0.641. The van der Waals surface area contributed by atoms with Crippen LogP contribution in [0.4, 0.5) is 8.78 Å². The molecule has 0 saturated heterocycles. The fourth-order valence-corrected chi connectivity index (χ4v) is 1.08. The second-order valence-corrected chi connectivity index (χ2v) is 2.95. The Bertz CT molecular complexity index is 390. The first-order valence-corrected chi connectivity index (χ1v) is 4.27. The summed E-state index contributed by atoms with van der Waals surface area (Å²) in [4.78, 5) is 11.0. The minimum absolute atomic E-state index is 0.0913. The van der Waals surface area contributed by atoms with E-state index in [-0.39, 0.29) is 5.57 Å². The van der Waals surface area contributed by atoms with Crippen molar-refractivity contribution in [2.45, 2.75) is 6.92 Å². The molecule has 0 fully saturated rings. The van der Waals surface area contributed by atoms with Crippen molar-refractivity contribution in [1.82, 2.24) is 0 Å². The molecule has 0 bridgehead atoms. The molecule has 1 rings (SSSR count). The Labute approximate surface area is 86.2 Å². The molecule has 0 aliphatic heterocycles. The monoisotopic (exact) mass is 212 g/mol. The van der Waals surface area contributed by atoms with Crippen LogP contribution in [0.5, 0.6) is 0 Å². The van der Waals surface area contributed by atoms with E-state index in [0.717, 1.165) is 0 Å². The number of halogens is 2. The summed E-state index contributed by atoms with van der Waals surface area (Å²) >= 11 is 0. The second kappa shape index (κ2) is 4.68. The van der Waals surface area contributed by atoms with E-state index in [0.29, 0.717) is 11.1 Å². The zero-order chi connectivity index (χ0) is 11.4. The highest BCUT2D eigenvalue weighted by Crippen LogP contribution is 2.20. The van der Waals surface area contributed by atoms with Gasteiger partial charge in [0.2, 0.25) is 0 Å². The Morgan fingerprint density at radius 3 is 2.00 bits per heavy atom. The van der Waals surface area contributed by atoms with Crippen LogP contribution in [-0.2, 0) is 4.74 Å². The van der Waals surface area contributed by atoms with Gasteiger partial charge in [-0.1, -0.05) is 12.1 Å². The summed E-state index contributed by atoms with van der Waals surface area (Å²) in [6, 6.07) is 5.82. The smallest absolute Gasteiger partial charge is 0.337 e. The van der Waals surface area contributed by atoms with Gasteiger partial charge < -0.3 is 4.74 Å². The van der Waals surface area contributed by atoms with Crippen LogP contribution in [0.3, 0.4) is 0 Å². The van der Waals surface area contributed by atoms with E-state index in [1.54, 1.807) is 0 Å². The molecule has 0 N–H and O–H groups in total. The maximum atomic E-state index is 12.2. The Balaban J connectivity index is 3.01. The van der Waals surface area contributed by atoms with Gasteiger partial charge in [-0.2, -0.15) is 8.78 Å². The van der Waals surface area contributed by atoms with Gasteiger partial charge in [0.05, 0.1) is 12.7 Å². The highest BCUT2D eigenvalue weighted by molar-refractivity contribution is 5.89. The van der Waals surface area contributed by atoms with Crippen LogP contribution in [0.2, 0.25) is 0 Å². The third kappa shape index (κ3) is 2.62. The highest BCUT2D eigenvalue weighted by Gasteiger charge is 2.07. The van der Waals surface area contributed by atoms with Crippen molar-refractivity contribution in [1.29, 1.82) is 0 Å². The lowest BCUT2D eigenvalue weighted by Crippen LogP contribution is -2.00. The molecule has 1 aromatic rings. The number of allylic oxidation sites excluding steroid dienone is 1. The molecule has 80 valence electrons. The van der Waals surface area contributed by atoms with Gasteiger partial charge in [-0.3, -0.25) is 0 Å². The Morgan fingerprint density at radius 1 is 1.13 bits per heavy atom. The number of hydrogen-bond acceptors (Lipinski definition) is 2. The summed E-state index contributed by atoms with van der Waals surface area (Å²) in [6.07, 6.45) is -1.72. The molecule has 0 spiro atoms. The topological polar surface area (TPSA) is 26.3 Å². The van der Waals surface area contributed by atoms with Gasteiger partial charge in [-0.05, 0) is 24.6 Å². The lowest BCUT2D eigenvalue weighted by molar-refractivity contribution is 0.0600. The van der Waals surface area contributed by atoms with E-state index in [1.807, 2.05) is 0 Å². The fourth-order valence-electron chi connectivity index (χ4n) is 1.08. The second-order valence-electron chi connectivity index (χ2n) is 2.95. The van der Waals surface area contributed by atoms with Gasteiger partial charge in [0.1, 0.15) is 0 Å². The van der Waals surface area contributed by atoms with Crippen molar-refractivity contribution in [3.05, 3.63) is 41.5 Å². The quantitative estimate of drug-likeness (QED) is 0.704. The van der Waals surface area contributed by atoms with Crippen molar-refractivity contribution in [3.8, 4) is 0 Å². The van der Waals surface area contributed by atoms with E-state index < -0.39 is 12.0 Å². The maximum absolute atomic E-state index is 12.2. The predicted molar refractivity (Wildman–Crippen MR) is 52.6 cm³/mol. The predicted octanol–water partition coefficient (Wildman–Crippen LogP) is 3.10. The van der Waals surface area contributed by atoms with Crippen LogP contribution in [-0.4, -0.2) is 13.1 Å². The molecule has 0 amide bonds. The molecule has 0 aromatic heterocycles. The van der Waals surface area contributed by atoms with Gasteiger partial charge in [0.15, 0.2) is 0 Å². The molecule has 0 aliphatic rings. The average Bonchev–Trinajstić information content (AvgIpc) is 2.27. The van der Waals surface area contributed by atoms with Crippen molar-refractivity contribution in [2.24, 2.45) is 0 Å². The summed E-state index contributed by atoms with van der Waals surface area (Å²) < 4.78 is 28.9. The first-order valence-electron chi connectivity index (χ1n) is 4.27. The highest BCUT2D eigenvalue weighted by atomic mass is 19.3. The van der Waals surface area contributed by atoms with Crippen LogP contribution < -0.4 is 0 Å². The average molecular weight is 212 g/mol. The number of esters is 1. The molecule has 2 nitrogen and oxygen atoms in total. The van der Waals surface area contributed by atoms with Crippen molar-refractivity contribution in [2.75, 3.05) is 7.11 Å². The van der Waals surface area contributed by atoms with E-state index in [9.17, 15) is 13.6 Å². The van der Waals surface area contributed by atoms with Gasteiger partial charge in [-0.15, -0.1) is 0 Å². The molecule has 0 saturated carbocycles. The number of rotatable bonds is 2. The van der Waals surface area contributed by atoms with Gasteiger partial charge in [0.25, 0.3) is 6.08 Å². The molecular weight excluding hydrogens is 202 g/mol. The summed E-state index contributed by atoms with van der Waals surface area (Å²) in [5.74, 6) is -0.482. The standard InChI is InChI=1S/C11H10F2O2/c1-7(10(12)13)8-3-5-9(6-4-8)11(14)15-2/h3-6H,1-2H3. The Morgan fingerprint density at radius 2 is 1.60 bits per heavy atom. The summed E-state index contributed by atoms with van der Waals surface area (Å²) in [7, 11) is 1.27. The molecule has 0 radical (unpaired) electrons. The lowest BCUT2D eigenvalue weighted by atomic mass is 10.1. The third-order valence-electron chi connectivity index (χ3n) is 2.02. The molecule has 0 atom stereocenters. The largest absolute Gasteiger partial charge is 0.465 e. The van der Waals surface area contributed by atoms with Gasteiger partial charge >= 0.3 is 5.97 Å². The first-order chi connectivity index (χ1) is 7.06. The number of benzene rings is 1. The van der Waals surface area contributed by atoms with Crippen molar-refractivity contribution < 1.29 is 18.3 Å². The number of ether oxygens (including phenoxy) is 1. The maximum Gasteiger partial charge on any atom is 0.337 e. The Kier molecular flexibility index (Phi) is 3.55. The van der Waals surface area contributed by atoms with Crippen LogP contribution >= 0.6 is 0 Å². The van der Waals surface area contributed by atoms with E-state index in [4.69, 9.17) is 0 Å². The van der Waals surface area contributed by atoms with E-state index in [1.165, 1.54) is 38.3 Å². The fraction of sp³-hybridized carbons (Fsp3) is 0.182. The molecule has 0 aliphatic carbocycles. The molecule has 0 unspecified atom stereocenters. The number of methoxy groups -OCH3 is 1. The number of carbonyl (C=O) groups excluding carboxylic acids is 1. The van der Waals surface area contributed by atoms with Crippen LogP contribution in [0.25, 0.3) is 5.57 Å². The van der Waals surface area contributed by atoms with E-state index >= 15 is 0 Å². The summed E-state index contributed by atoms with van der Waals surface area (Å²) in [6.45, 7) is 1.32. The number of hydrogen-bond donors (Lipinski definition) is 0. The molecule has 15 heavy (non-hydrogen) atoms. The third-order valence-corrected chi connectivity index (χ3v) is 2.02. The van der Waals surface area contributed by atoms with Gasteiger partial charge in [0, 0.05) is 5.57 Å². The Hall–Kier alpha value is -1.71. The minimum atomic E-state index is -1.72. The molecule has 0 heterocycles. The zero-order valence-electron chi connectivity index (χ0n) is 8.38. The van der Waals surface area contributed by atoms with Crippen molar-refractivity contribution >= 4 is 11.5 Å². The normalized spacial score (nSPS) is 9.60. The summed E-state index contributed by atoms with van der Waals surface area (Å²) in [5, 5.41) is 0. The molecular formula is C11H10F2O2. The van der Waals surface area contributed by atoms with Crippen LogP contribution in [0.1, 0.15) is 22.8 Å². The molecule has 4 heteroatoms. The number of carbonyl (C=O) groups is 1. The van der Waals surface area contributed by atoms with E-state index in [2.05, 4.69) is 4.74 Å². The minimum Gasteiger partial charge on any atom is -0.465 e. The van der Waals surface area contributed by atoms with Gasteiger partial charge in [-0.25, -0.2) is 4.79 Å². The van der Waals surface area contributed by atoms with Crippen molar-refractivity contribution in [3.63, 3.8) is 0 Å². The molecule has 1 aromatic carbocycles. The lowest BCUT2D eigenvalue weighted by Gasteiger charge is -2.02. The SMILES string of the molecule is COC(=O)c1ccc(C(C)=C(F)F)cc1. The zero-order valence-corrected chi connectivity index (χ0v) is 8.38. The van der Waals surface area contributed by atoms with Crippen LogP contribution in [0, 0.1) is 0 Å². The van der Waals surface area contributed by atoms with Crippen LogP contribution in [0.15, 0.2) is 30.3 Å².